The van der Waals surface area contributed by atoms with Crippen LogP contribution in [0.4, 0.5) is 0 Å². The zero-order chi connectivity index (χ0) is 8.55. The molecule has 0 aliphatic rings. The number of nitrogens with zero attached hydrogens (tertiary/aromatic N) is 1. The molecule has 0 fully saturated rings. The second kappa shape index (κ2) is 2.90. The van der Waals surface area contributed by atoms with Gasteiger partial charge in [-0.3, -0.25) is 5.10 Å². The minimum atomic E-state index is 0.828. The highest BCUT2D eigenvalue weighted by Crippen LogP contribution is 2.21. The predicted molar refractivity (Wildman–Crippen MR) is 53.5 cm³/mol. The Kier molecular flexibility index (Phi) is 1.89. The van der Waals surface area contributed by atoms with Crippen LogP contribution in [0.1, 0.15) is 11.3 Å². The van der Waals surface area contributed by atoms with Crippen molar-refractivity contribution in [3.05, 3.63) is 29.5 Å². The van der Waals surface area contributed by atoms with E-state index in [1.165, 1.54) is 10.9 Å². The molecule has 0 aliphatic carbocycles. The molecular formula is C9H9BrN2. The standard InChI is InChI=1S/C9H9BrN2/c1-6-3-2-4-7-9(6)8(5-10)12-11-7/h2-4H,5H2,1H3,(H,11,12). The number of fused-ring (bicyclic) bond motifs is 1. The number of aryl methyl sites for hydroxylation is 1. The first-order valence-corrected chi connectivity index (χ1v) is 4.93. The van der Waals surface area contributed by atoms with Gasteiger partial charge in [0.25, 0.3) is 0 Å². The van der Waals surface area contributed by atoms with Gasteiger partial charge in [-0.15, -0.1) is 0 Å². The lowest BCUT2D eigenvalue weighted by molar-refractivity contribution is 1.06. The maximum atomic E-state index is 4.20. The van der Waals surface area contributed by atoms with Gasteiger partial charge in [0.15, 0.2) is 0 Å². The number of benzene rings is 1. The molecular weight excluding hydrogens is 216 g/mol. The van der Waals surface area contributed by atoms with Crippen molar-refractivity contribution in [1.29, 1.82) is 0 Å². The van der Waals surface area contributed by atoms with Gasteiger partial charge in [0.1, 0.15) is 0 Å². The lowest BCUT2D eigenvalue weighted by atomic mass is 10.1. The normalized spacial score (nSPS) is 10.8. The van der Waals surface area contributed by atoms with Crippen LogP contribution in [0, 0.1) is 6.92 Å². The lowest BCUT2D eigenvalue weighted by Gasteiger charge is -1.95. The number of nitrogens with one attached hydrogen (secondary N) is 1. The fourth-order valence-electron chi connectivity index (χ4n) is 1.42. The molecule has 0 saturated heterocycles. The third kappa shape index (κ3) is 1.05. The van der Waals surface area contributed by atoms with E-state index >= 15 is 0 Å². The quantitative estimate of drug-likeness (QED) is 0.742. The molecule has 0 amide bonds. The summed E-state index contributed by atoms with van der Waals surface area (Å²) in [7, 11) is 0. The van der Waals surface area contributed by atoms with Gasteiger partial charge in [-0.25, -0.2) is 0 Å². The lowest BCUT2D eigenvalue weighted by Crippen LogP contribution is -1.79. The maximum absolute atomic E-state index is 4.20. The van der Waals surface area contributed by atoms with E-state index in [2.05, 4.69) is 39.1 Å². The molecule has 0 aliphatic heterocycles. The third-order valence-electron chi connectivity index (χ3n) is 2.00. The van der Waals surface area contributed by atoms with E-state index in [1.807, 2.05) is 12.1 Å². The molecule has 62 valence electrons. The fourth-order valence-corrected chi connectivity index (χ4v) is 1.82. The first kappa shape index (κ1) is 7.80. The summed E-state index contributed by atoms with van der Waals surface area (Å²) < 4.78 is 0. The van der Waals surface area contributed by atoms with Gasteiger partial charge in [-0.2, -0.15) is 5.10 Å². The molecule has 12 heavy (non-hydrogen) atoms. The van der Waals surface area contributed by atoms with Crippen LogP contribution >= 0.6 is 15.9 Å². The average Bonchev–Trinajstić information content (AvgIpc) is 2.49. The van der Waals surface area contributed by atoms with E-state index in [0.29, 0.717) is 0 Å². The van der Waals surface area contributed by atoms with Gasteiger partial charge in [-0.1, -0.05) is 28.1 Å². The summed E-state index contributed by atoms with van der Waals surface area (Å²) in [4.78, 5) is 0. The fraction of sp³-hybridized carbons (Fsp3) is 0.222. The Morgan fingerprint density at radius 2 is 2.33 bits per heavy atom. The molecule has 3 heteroatoms. The molecule has 1 heterocycles. The van der Waals surface area contributed by atoms with Gasteiger partial charge >= 0.3 is 0 Å². The Morgan fingerprint density at radius 3 is 3.08 bits per heavy atom. The van der Waals surface area contributed by atoms with Crippen LogP contribution < -0.4 is 0 Å². The second-order valence-electron chi connectivity index (χ2n) is 2.80. The molecule has 0 unspecified atom stereocenters. The molecule has 1 N–H and O–H groups in total. The minimum Gasteiger partial charge on any atom is -0.280 e. The van der Waals surface area contributed by atoms with Crippen LogP contribution in [0.5, 0.6) is 0 Å². The van der Waals surface area contributed by atoms with Crippen LogP contribution in [0.3, 0.4) is 0 Å². The Morgan fingerprint density at radius 1 is 1.50 bits per heavy atom. The van der Waals surface area contributed by atoms with Crippen molar-refractivity contribution in [2.45, 2.75) is 12.3 Å². The Balaban J connectivity index is 2.83. The molecule has 2 aromatic rings. The topological polar surface area (TPSA) is 28.7 Å². The SMILES string of the molecule is Cc1cccc2n[nH]c(CBr)c12. The van der Waals surface area contributed by atoms with Gasteiger partial charge in [-0.05, 0) is 18.6 Å². The van der Waals surface area contributed by atoms with Crippen LogP contribution in [0.15, 0.2) is 18.2 Å². The van der Waals surface area contributed by atoms with E-state index in [1.54, 1.807) is 0 Å². The van der Waals surface area contributed by atoms with E-state index in [0.717, 1.165) is 16.5 Å². The smallest absolute Gasteiger partial charge is 0.0926 e. The highest BCUT2D eigenvalue weighted by molar-refractivity contribution is 9.08. The number of halogens is 1. The number of aromatic nitrogens is 2. The van der Waals surface area contributed by atoms with E-state index in [-0.39, 0.29) is 0 Å². The van der Waals surface area contributed by atoms with Gasteiger partial charge in [0.05, 0.1) is 11.2 Å². The number of hydrogen-bond acceptors (Lipinski definition) is 1. The van der Waals surface area contributed by atoms with Crippen molar-refractivity contribution >= 4 is 26.8 Å². The molecule has 0 radical (unpaired) electrons. The zero-order valence-corrected chi connectivity index (χ0v) is 8.35. The first-order valence-electron chi connectivity index (χ1n) is 3.81. The first-order chi connectivity index (χ1) is 5.83. The summed E-state index contributed by atoms with van der Waals surface area (Å²) in [6.45, 7) is 2.10. The van der Waals surface area contributed by atoms with Gasteiger partial charge in [0, 0.05) is 10.7 Å². The monoisotopic (exact) mass is 224 g/mol. The van der Waals surface area contributed by atoms with Crippen molar-refractivity contribution in [2.24, 2.45) is 0 Å². The number of hydrogen-bond donors (Lipinski definition) is 1. The molecule has 2 rings (SSSR count). The van der Waals surface area contributed by atoms with E-state index in [9.17, 15) is 0 Å². The summed E-state index contributed by atoms with van der Waals surface area (Å²) >= 11 is 3.42. The van der Waals surface area contributed by atoms with Crippen LogP contribution in [-0.4, -0.2) is 10.2 Å². The summed E-state index contributed by atoms with van der Waals surface area (Å²) in [6.07, 6.45) is 0. The summed E-state index contributed by atoms with van der Waals surface area (Å²) in [6, 6.07) is 6.14. The van der Waals surface area contributed by atoms with Gasteiger partial charge in [0.2, 0.25) is 0 Å². The van der Waals surface area contributed by atoms with Crippen LogP contribution in [-0.2, 0) is 5.33 Å². The van der Waals surface area contributed by atoms with Gasteiger partial charge < -0.3 is 0 Å². The molecule has 0 bridgehead atoms. The van der Waals surface area contributed by atoms with E-state index in [4.69, 9.17) is 0 Å². The number of rotatable bonds is 1. The number of aromatic amines is 1. The Hall–Kier alpha value is -0.830. The molecule has 1 aromatic heterocycles. The molecule has 2 nitrogen and oxygen atoms in total. The summed E-state index contributed by atoms with van der Waals surface area (Å²) in [5, 5.41) is 9.28. The maximum Gasteiger partial charge on any atom is 0.0926 e. The number of alkyl halides is 1. The van der Waals surface area contributed by atoms with Crippen molar-refractivity contribution < 1.29 is 0 Å². The zero-order valence-electron chi connectivity index (χ0n) is 6.76. The molecule has 0 atom stereocenters. The molecule has 0 spiro atoms. The van der Waals surface area contributed by atoms with Crippen molar-refractivity contribution in [1.82, 2.24) is 10.2 Å². The largest absolute Gasteiger partial charge is 0.280 e. The second-order valence-corrected chi connectivity index (χ2v) is 3.37. The average molecular weight is 225 g/mol. The predicted octanol–water partition coefficient (Wildman–Crippen LogP) is 2.77. The Labute approximate surface area is 79.1 Å². The minimum absolute atomic E-state index is 0.828. The van der Waals surface area contributed by atoms with Crippen molar-refractivity contribution in [3.63, 3.8) is 0 Å². The molecule has 1 aromatic carbocycles. The third-order valence-corrected chi connectivity index (χ3v) is 2.56. The molecule has 0 saturated carbocycles. The summed E-state index contributed by atoms with van der Waals surface area (Å²) in [5.74, 6) is 0. The van der Waals surface area contributed by atoms with Crippen LogP contribution in [0.25, 0.3) is 10.9 Å². The number of H-pyrrole nitrogens is 1. The van der Waals surface area contributed by atoms with Crippen molar-refractivity contribution in [2.75, 3.05) is 0 Å². The van der Waals surface area contributed by atoms with Crippen LogP contribution in [0.2, 0.25) is 0 Å². The summed E-state index contributed by atoms with van der Waals surface area (Å²) in [5.41, 5.74) is 3.48. The highest BCUT2D eigenvalue weighted by Gasteiger charge is 2.04. The van der Waals surface area contributed by atoms with E-state index < -0.39 is 0 Å². The van der Waals surface area contributed by atoms with Crippen molar-refractivity contribution in [3.8, 4) is 0 Å². The Bertz CT molecular complexity index is 406. The highest BCUT2D eigenvalue weighted by atomic mass is 79.9.